The van der Waals surface area contributed by atoms with Crippen molar-refractivity contribution in [2.24, 2.45) is 7.05 Å². The lowest BCUT2D eigenvalue weighted by atomic mass is 10.1. The normalized spacial score (nSPS) is 11.1. The van der Waals surface area contributed by atoms with Crippen LogP contribution >= 0.6 is 0 Å². The highest BCUT2D eigenvalue weighted by atomic mass is 15.1. The molecule has 2 heteroatoms. The summed E-state index contributed by atoms with van der Waals surface area (Å²) >= 11 is 0. The standard InChI is InChI=1S/C16H16N2/c1-12-9-15-16(10-13(12)2)18(11-17(15)3)14-7-5-4-6-8-14/h4-10H,1-3H3. The van der Waals surface area contributed by atoms with Crippen LogP contribution in [-0.2, 0) is 7.05 Å². The Balaban J connectivity index is 2.35. The summed E-state index contributed by atoms with van der Waals surface area (Å²) in [5, 5.41) is 0. The number of fused-ring (bicyclic) bond motifs is 1. The quantitative estimate of drug-likeness (QED) is 0.454. The number of hydrogen-bond donors (Lipinski definition) is 0. The van der Waals surface area contributed by atoms with E-state index >= 15 is 0 Å². The number of aromatic nitrogens is 2. The summed E-state index contributed by atoms with van der Waals surface area (Å²) in [5.74, 6) is 0. The van der Waals surface area contributed by atoms with Crippen LogP contribution in [0.15, 0.2) is 42.5 Å². The maximum atomic E-state index is 3.36. The minimum absolute atomic E-state index is 1.14. The highest BCUT2D eigenvalue weighted by molar-refractivity contribution is 5.76. The Morgan fingerprint density at radius 3 is 2.39 bits per heavy atom. The van der Waals surface area contributed by atoms with Crippen LogP contribution in [0.25, 0.3) is 16.7 Å². The molecule has 0 radical (unpaired) electrons. The molecule has 1 aromatic heterocycles. The third kappa shape index (κ3) is 1.61. The van der Waals surface area contributed by atoms with Gasteiger partial charge in [0, 0.05) is 0 Å². The Bertz CT molecular complexity index is 709. The molecule has 2 nitrogen and oxygen atoms in total. The van der Waals surface area contributed by atoms with E-state index in [0.29, 0.717) is 0 Å². The molecule has 0 amide bonds. The number of aryl methyl sites for hydroxylation is 3. The molecule has 0 bridgehead atoms. The van der Waals surface area contributed by atoms with Crippen LogP contribution in [0.2, 0.25) is 0 Å². The van der Waals surface area contributed by atoms with Gasteiger partial charge in [-0.1, -0.05) is 53.6 Å². The van der Waals surface area contributed by atoms with Crippen molar-refractivity contribution in [1.29, 1.82) is 0 Å². The molecule has 0 N–H and O–H groups in total. The second kappa shape index (κ2) is 3.98. The number of benzene rings is 2. The van der Waals surface area contributed by atoms with Gasteiger partial charge in [-0.3, -0.25) is 0 Å². The van der Waals surface area contributed by atoms with Crippen molar-refractivity contribution in [3.8, 4) is 5.69 Å². The lowest BCUT2D eigenvalue weighted by molar-refractivity contribution is -0.649. The average molecular weight is 236 g/mol. The third-order valence-corrected chi connectivity index (χ3v) is 3.46. The molecule has 0 atom stereocenters. The van der Waals surface area contributed by atoms with Crippen molar-refractivity contribution in [2.75, 3.05) is 0 Å². The van der Waals surface area contributed by atoms with E-state index in [-0.39, 0.29) is 0 Å². The van der Waals surface area contributed by atoms with E-state index in [2.05, 4.69) is 65.7 Å². The minimum Gasteiger partial charge on any atom is -0.319 e. The fourth-order valence-electron chi connectivity index (χ4n) is 2.27. The fourth-order valence-corrected chi connectivity index (χ4v) is 2.27. The molecule has 18 heavy (non-hydrogen) atoms. The number of hydrogen-bond acceptors (Lipinski definition) is 0. The molecule has 0 aliphatic rings. The highest BCUT2D eigenvalue weighted by Gasteiger charge is 2.08. The Hall–Kier alpha value is -2.09. The van der Waals surface area contributed by atoms with E-state index in [1.807, 2.05) is 13.1 Å². The van der Waals surface area contributed by atoms with Crippen molar-refractivity contribution >= 4 is 11.0 Å². The van der Waals surface area contributed by atoms with Crippen LogP contribution in [0, 0.1) is 20.2 Å². The summed E-state index contributed by atoms with van der Waals surface area (Å²) in [4.78, 5) is 0. The Morgan fingerprint density at radius 1 is 1.00 bits per heavy atom. The van der Waals surface area contributed by atoms with Gasteiger partial charge in [0.05, 0.1) is 23.8 Å². The topological polar surface area (TPSA) is 8.81 Å². The van der Waals surface area contributed by atoms with Crippen molar-refractivity contribution in [1.82, 2.24) is 4.57 Å². The largest absolute Gasteiger partial charge is 0.319 e. The van der Waals surface area contributed by atoms with Gasteiger partial charge in [0.2, 0.25) is 6.33 Å². The molecule has 0 aliphatic heterocycles. The van der Waals surface area contributed by atoms with Crippen molar-refractivity contribution in [3.05, 3.63) is 59.9 Å². The predicted octanol–water partition coefficient (Wildman–Crippen LogP) is 2.87. The van der Waals surface area contributed by atoms with Crippen molar-refractivity contribution < 1.29 is 4.57 Å². The molecular formula is C16H16N2. The highest BCUT2D eigenvalue weighted by Crippen LogP contribution is 2.20. The zero-order valence-corrected chi connectivity index (χ0v) is 10.9. The number of nitrogens with zero attached hydrogens (tertiary/aromatic N) is 2. The summed E-state index contributed by atoms with van der Waals surface area (Å²) in [6, 6.07) is 14.8. The van der Waals surface area contributed by atoms with Crippen molar-refractivity contribution in [3.63, 3.8) is 0 Å². The zero-order chi connectivity index (χ0) is 12.7. The van der Waals surface area contributed by atoms with Crippen LogP contribution in [0.5, 0.6) is 0 Å². The first-order chi connectivity index (χ1) is 8.66. The van der Waals surface area contributed by atoms with Gasteiger partial charge in [-0.2, -0.15) is 0 Å². The second-order valence-corrected chi connectivity index (χ2v) is 4.76. The first-order valence-electron chi connectivity index (χ1n) is 6.13. The molecule has 0 aliphatic carbocycles. The number of imidazole rings is 1. The second-order valence-electron chi connectivity index (χ2n) is 4.76. The van der Waals surface area contributed by atoms with Crippen LogP contribution in [0.4, 0.5) is 0 Å². The van der Waals surface area contributed by atoms with E-state index in [4.69, 9.17) is 0 Å². The molecule has 2 aromatic carbocycles. The molecule has 0 saturated heterocycles. The molecule has 0 unspecified atom stereocenters. The van der Waals surface area contributed by atoms with Gasteiger partial charge in [-0.05, 0) is 13.8 Å². The average Bonchev–Trinajstić information content (AvgIpc) is 2.69. The van der Waals surface area contributed by atoms with E-state index < -0.39 is 0 Å². The van der Waals surface area contributed by atoms with Crippen LogP contribution in [-0.4, -0.2) is 4.57 Å². The number of para-hydroxylation sites is 1. The summed E-state index contributed by atoms with van der Waals surface area (Å²) in [6.45, 7) is 4.30. The molecular weight excluding hydrogens is 220 g/mol. The van der Waals surface area contributed by atoms with Gasteiger partial charge >= 0.3 is 0 Å². The summed E-state index contributed by atoms with van der Waals surface area (Å²) in [6.07, 6.45) is 3.36. The Labute approximate surface area is 107 Å². The summed E-state index contributed by atoms with van der Waals surface area (Å²) in [7, 11) is 2.04. The maximum Gasteiger partial charge on any atom is 0.244 e. The van der Waals surface area contributed by atoms with Gasteiger partial charge < -0.3 is 9.13 Å². The lowest BCUT2D eigenvalue weighted by Crippen LogP contribution is -2.26. The predicted molar refractivity (Wildman–Crippen MR) is 72.8 cm³/mol. The van der Waals surface area contributed by atoms with Crippen molar-refractivity contribution in [2.45, 2.75) is 13.8 Å². The van der Waals surface area contributed by atoms with E-state index in [9.17, 15) is 0 Å². The summed E-state index contributed by atoms with van der Waals surface area (Å²) in [5.41, 5.74) is 6.18. The molecule has 0 saturated carbocycles. The van der Waals surface area contributed by atoms with E-state index in [0.717, 1.165) is 5.69 Å². The molecule has 3 aromatic rings. The Kier molecular flexibility index (Phi) is 2.44. The molecule has 0 spiro atoms. The molecule has 90 valence electrons. The molecule has 0 fully saturated rings. The molecule has 3 rings (SSSR count). The fraction of sp³-hybridized carbons (Fsp3) is 0.188. The van der Waals surface area contributed by atoms with Gasteiger partial charge in [0.25, 0.3) is 0 Å². The SMILES string of the molecule is Cc1cc2c(cc1C)[n+](C)[c-]n2-c1ccccc1. The first-order valence-corrected chi connectivity index (χ1v) is 6.13. The first kappa shape index (κ1) is 11.0. The van der Waals surface area contributed by atoms with E-state index in [1.54, 1.807) is 0 Å². The third-order valence-electron chi connectivity index (χ3n) is 3.46. The van der Waals surface area contributed by atoms with E-state index in [1.165, 1.54) is 22.2 Å². The van der Waals surface area contributed by atoms with Crippen LogP contribution in [0.3, 0.4) is 0 Å². The smallest absolute Gasteiger partial charge is 0.244 e. The lowest BCUT2D eigenvalue weighted by Gasteiger charge is -2.06. The van der Waals surface area contributed by atoms with Gasteiger partial charge in [-0.15, -0.1) is 0 Å². The minimum atomic E-state index is 1.14. The van der Waals surface area contributed by atoms with Crippen LogP contribution < -0.4 is 4.57 Å². The maximum absolute atomic E-state index is 3.36. The number of rotatable bonds is 1. The zero-order valence-electron chi connectivity index (χ0n) is 10.9. The summed E-state index contributed by atoms with van der Waals surface area (Å²) < 4.78 is 4.16. The van der Waals surface area contributed by atoms with Gasteiger partial charge in [-0.25, -0.2) is 0 Å². The van der Waals surface area contributed by atoms with Crippen LogP contribution in [0.1, 0.15) is 11.1 Å². The van der Waals surface area contributed by atoms with Gasteiger partial charge in [0.1, 0.15) is 0 Å². The Morgan fingerprint density at radius 2 is 1.67 bits per heavy atom. The van der Waals surface area contributed by atoms with Gasteiger partial charge in [0.15, 0.2) is 0 Å². The monoisotopic (exact) mass is 236 g/mol. The molecule has 1 heterocycles.